The zero-order valence-corrected chi connectivity index (χ0v) is 14.9. The van der Waals surface area contributed by atoms with E-state index in [1.54, 1.807) is 16.8 Å². The number of nitrogens with one attached hydrogen (secondary N) is 1. The molecule has 0 aliphatic heterocycles. The van der Waals surface area contributed by atoms with Crippen molar-refractivity contribution < 1.29 is 14.3 Å². The van der Waals surface area contributed by atoms with Crippen molar-refractivity contribution in [1.29, 1.82) is 0 Å². The summed E-state index contributed by atoms with van der Waals surface area (Å²) in [5, 5.41) is 7.40. The number of benzene rings is 1. The highest BCUT2D eigenvalue weighted by atomic mass is 32.1. The lowest BCUT2D eigenvalue weighted by Gasteiger charge is -2.06. The lowest BCUT2D eigenvalue weighted by molar-refractivity contribution is 0.0606. The number of thiophene rings is 1. The normalized spacial score (nSPS) is 10.5. The number of carbonyl (C=O) groups excluding carboxylic acids is 2. The molecule has 2 aromatic heterocycles. The minimum atomic E-state index is -0.451. The first-order valence-electron chi connectivity index (χ1n) is 7.62. The number of rotatable bonds is 4. The van der Waals surface area contributed by atoms with Crippen LogP contribution in [0.3, 0.4) is 0 Å². The standard InChI is InChI=1S/C18H17N3O3S/c1-11-16(12(2)21(20-11)13-7-5-4-6-8-13)19-17(22)14-9-10-15(25-14)18(23)24-3/h4-10H,1-3H3,(H,19,22). The average molecular weight is 355 g/mol. The fourth-order valence-electron chi connectivity index (χ4n) is 2.49. The van der Waals surface area contributed by atoms with Gasteiger partial charge in [-0.25, -0.2) is 9.48 Å². The number of esters is 1. The van der Waals surface area contributed by atoms with Crippen LogP contribution in [0.15, 0.2) is 42.5 Å². The van der Waals surface area contributed by atoms with Gasteiger partial charge in [0.2, 0.25) is 0 Å². The van der Waals surface area contributed by atoms with Crippen molar-refractivity contribution in [2.24, 2.45) is 0 Å². The van der Waals surface area contributed by atoms with Crippen LogP contribution in [0.25, 0.3) is 5.69 Å². The van der Waals surface area contributed by atoms with E-state index < -0.39 is 5.97 Å². The van der Waals surface area contributed by atoms with Gasteiger partial charge < -0.3 is 10.1 Å². The molecule has 0 radical (unpaired) electrons. The number of ether oxygens (including phenoxy) is 1. The summed E-state index contributed by atoms with van der Waals surface area (Å²) >= 11 is 1.09. The molecular formula is C18H17N3O3S. The number of methoxy groups -OCH3 is 1. The summed E-state index contributed by atoms with van der Waals surface area (Å²) in [5.41, 5.74) is 3.15. The number of hydrogen-bond donors (Lipinski definition) is 1. The van der Waals surface area contributed by atoms with Gasteiger partial charge in [-0.1, -0.05) is 18.2 Å². The molecule has 7 heteroatoms. The van der Waals surface area contributed by atoms with Gasteiger partial charge in [-0.2, -0.15) is 5.10 Å². The summed E-state index contributed by atoms with van der Waals surface area (Å²) in [6.07, 6.45) is 0. The zero-order valence-electron chi connectivity index (χ0n) is 14.1. The van der Waals surface area contributed by atoms with E-state index in [0.717, 1.165) is 28.4 Å². The second kappa shape index (κ2) is 6.90. The highest BCUT2D eigenvalue weighted by Gasteiger charge is 2.18. The lowest BCUT2D eigenvalue weighted by atomic mass is 10.3. The fraction of sp³-hybridized carbons (Fsp3) is 0.167. The Kier molecular flexibility index (Phi) is 4.67. The maximum absolute atomic E-state index is 12.5. The number of nitrogens with zero attached hydrogens (tertiary/aromatic N) is 2. The SMILES string of the molecule is COC(=O)c1ccc(C(=O)Nc2c(C)nn(-c3ccccc3)c2C)s1. The van der Waals surface area contributed by atoms with Crippen LogP contribution in [-0.2, 0) is 4.74 Å². The van der Waals surface area contributed by atoms with Crippen molar-refractivity contribution in [3.05, 3.63) is 63.6 Å². The van der Waals surface area contributed by atoms with E-state index in [4.69, 9.17) is 0 Å². The Morgan fingerprint density at radius 2 is 1.76 bits per heavy atom. The van der Waals surface area contributed by atoms with E-state index in [-0.39, 0.29) is 5.91 Å². The highest BCUT2D eigenvalue weighted by molar-refractivity contribution is 7.16. The average Bonchev–Trinajstić information content (AvgIpc) is 3.22. The Morgan fingerprint density at radius 1 is 1.08 bits per heavy atom. The van der Waals surface area contributed by atoms with E-state index in [1.165, 1.54) is 7.11 Å². The predicted octanol–water partition coefficient (Wildman–Crippen LogP) is 3.59. The molecule has 0 spiro atoms. The number of amides is 1. The molecule has 0 unspecified atom stereocenters. The topological polar surface area (TPSA) is 73.2 Å². The van der Waals surface area contributed by atoms with E-state index in [2.05, 4.69) is 15.2 Å². The second-order valence-electron chi connectivity index (χ2n) is 5.40. The van der Waals surface area contributed by atoms with Gasteiger partial charge in [0, 0.05) is 0 Å². The fourth-order valence-corrected chi connectivity index (χ4v) is 3.31. The Bertz CT molecular complexity index is 928. The quantitative estimate of drug-likeness (QED) is 0.726. The van der Waals surface area contributed by atoms with Crippen LogP contribution in [0, 0.1) is 13.8 Å². The van der Waals surface area contributed by atoms with Crippen molar-refractivity contribution >= 4 is 28.9 Å². The third-order valence-electron chi connectivity index (χ3n) is 3.75. The molecule has 6 nitrogen and oxygen atoms in total. The number of aromatic nitrogens is 2. The second-order valence-corrected chi connectivity index (χ2v) is 6.49. The molecule has 25 heavy (non-hydrogen) atoms. The van der Waals surface area contributed by atoms with Gasteiger partial charge in [0.1, 0.15) is 4.88 Å². The van der Waals surface area contributed by atoms with Crippen LogP contribution in [-0.4, -0.2) is 28.8 Å². The third kappa shape index (κ3) is 3.32. The van der Waals surface area contributed by atoms with Crippen molar-refractivity contribution in [2.75, 3.05) is 12.4 Å². The summed E-state index contributed by atoms with van der Waals surface area (Å²) in [7, 11) is 1.31. The van der Waals surface area contributed by atoms with Crippen molar-refractivity contribution in [3.63, 3.8) is 0 Å². The van der Waals surface area contributed by atoms with E-state index in [0.29, 0.717) is 15.4 Å². The van der Waals surface area contributed by atoms with Gasteiger partial charge in [-0.15, -0.1) is 11.3 Å². The molecule has 0 saturated heterocycles. The molecule has 1 amide bonds. The summed E-state index contributed by atoms with van der Waals surface area (Å²) in [6, 6.07) is 12.9. The highest BCUT2D eigenvalue weighted by Crippen LogP contribution is 2.25. The van der Waals surface area contributed by atoms with Crippen molar-refractivity contribution in [1.82, 2.24) is 9.78 Å². The largest absolute Gasteiger partial charge is 0.465 e. The molecule has 0 fully saturated rings. The maximum atomic E-state index is 12.5. The molecular weight excluding hydrogens is 338 g/mol. The first-order valence-corrected chi connectivity index (χ1v) is 8.44. The molecule has 0 atom stereocenters. The molecule has 128 valence electrons. The van der Waals surface area contributed by atoms with Gasteiger partial charge in [0.25, 0.3) is 5.91 Å². The van der Waals surface area contributed by atoms with E-state index in [9.17, 15) is 9.59 Å². The molecule has 0 bridgehead atoms. The number of hydrogen-bond acceptors (Lipinski definition) is 5. The number of para-hydroxylation sites is 1. The maximum Gasteiger partial charge on any atom is 0.348 e. The number of anilines is 1. The molecule has 2 heterocycles. The van der Waals surface area contributed by atoms with Crippen LogP contribution in [0.5, 0.6) is 0 Å². The van der Waals surface area contributed by atoms with Crippen molar-refractivity contribution in [2.45, 2.75) is 13.8 Å². The molecule has 0 aliphatic carbocycles. The Balaban J connectivity index is 1.86. The molecule has 0 aliphatic rings. The number of carbonyl (C=O) groups is 2. The Morgan fingerprint density at radius 3 is 2.44 bits per heavy atom. The minimum absolute atomic E-state index is 0.279. The molecule has 0 saturated carbocycles. The van der Waals surface area contributed by atoms with Gasteiger partial charge in [0.15, 0.2) is 0 Å². The molecule has 3 rings (SSSR count). The summed E-state index contributed by atoms with van der Waals surface area (Å²) in [5.74, 6) is -0.729. The van der Waals surface area contributed by atoms with Crippen LogP contribution >= 0.6 is 11.3 Å². The van der Waals surface area contributed by atoms with Crippen LogP contribution < -0.4 is 5.32 Å². The van der Waals surface area contributed by atoms with Crippen LogP contribution in [0.2, 0.25) is 0 Å². The first kappa shape index (κ1) is 16.9. The van der Waals surface area contributed by atoms with E-state index >= 15 is 0 Å². The van der Waals surface area contributed by atoms with Crippen LogP contribution in [0.4, 0.5) is 5.69 Å². The Hall–Kier alpha value is -2.93. The Labute approximate surface area is 149 Å². The van der Waals surface area contributed by atoms with Gasteiger partial charge in [-0.05, 0) is 38.1 Å². The lowest BCUT2D eigenvalue weighted by Crippen LogP contribution is -2.11. The number of aryl methyl sites for hydroxylation is 1. The van der Waals surface area contributed by atoms with Crippen molar-refractivity contribution in [3.8, 4) is 5.69 Å². The van der Waals surface area contributed by atoms with Gasteiger partial charge >= 0.3 is 5.97 Å². The predicted molar refractivity (Wildman–Crippen MR) is 96.6 cm³/mol. The van der Waals surface area contributed by atoms with Gasteiger partial charge in [0.05, 0.1) is 34.7 Å². The smallest absolute Gasteiger partial charge is 0.348 e. The third-order valence-corrected chi connectivity index (χ3v) is 4.81. The van der Waals surface area contributed by atoms with Gasteiger partial charge in [-0.3, -0.25) is 4.79 Å². The minimum Gasteiger partial charge on any atom is -0.465 e. The summed E-state index contributed by atoms with van der Waals surface area (Å²) in [4.78, 5) is 24.8. The van der Waals surface area contributed by atoms with E-state index in [1.807, 2.05) is 44.2 Å². The van der Waals surface area contributed by atoms with Crippen LogP contribution in [0.1, 0.15) is 30.7 Å². The molecule has 1 aromatic carbocycles. The summed E-state index contributed by atoms with van der Waals surface area (Å²) < 4.78 is 6.46. The summed E-state index contributed by atoms with van der Waals surface area (Å²) in [6.45, 7) is 3.74. The monoisotopic (exact) mass is 355 g/mol. The molecule has 3 aromatic rings. The zero-order chi connectivity index (χ0) is 18.0. The molecule has 1 N–H and O–H groups in total. The first-order chi connectivity index (χ1) is 12.0.